The van der Waals surface area contributed by atoms with Gasteiger partial charge in [0, 0.05) is 43.2 Å². The molecular formula is C22H23ClN6O3. The van der Waals surface area contributed by atoms with Crippen molar-refractivity contribution in [2.75, 3.05) is 51.0 Å². The molecular weight excluding hydrogens is 432 g/mol. The summed E-state index contributed by atoms with van der Waals surface area (Å²) in [5, 5.41) is 9.60. The summed E-state index contributed by atoms with van der Waals surface area (Å²) < 4.78 is 10.7. The van der Waals surface area contributed by atoms with Crippen LogP contribution in [-0.2, 0) is 0 Å². The van der Waals surface area contributed by atoms with Crippen molar-refractivity contribution in [3.8, 4) is 17.6 Å². The highest BCUT2D eigenvalue weighted by molar-refractivity contribution is 5.94. The first-order chi connectivity index (χ1) is 15.0. The largest absolute Gasteiger partial charge is 0.493 e. The molecule has 2 heterocycles. The molecule has 1 aromatic heterocycles. The summed E-state index contributed by atoms with van der Waals surface area (Å²) >= 11 is 0. The molecule has 10 heteroatoms. The molecule has 2 N–H and O–H groups in total. The van der Waals surface area contributed by atoms with Crippen molar-refractivity contribution in [2.45, 2.75) is 0 Å². The summed E-state index contributed by atoms with van der Waals surface area (Å²) in [4.78, 5) is 25.7. The number of methoxy groups -OCH3 is 2. The molecule has 0 radical (unpaired) electrons. The van der Waals surface area contributed by atoms with Gasteiger partial charge >= 0.3 is 0 Å². The van der Waals surface area contributed by atoms with Gasteiger partial charge in [0.1, 0.15) is 5.82 Å². The van der Waals surface area contributed by atoms with Gasteiger partial charge in [-0.15, -0.1) is 12.4 Å². The summed E-state index contributed by atoms with van der Waals surface area (Å²) in [6.07, 6.45) is 0. The maximum Gasteiger partial charge on any atom is 0.253 e. The van der Waals surface area contributed by atoms with Gasteiger partial charge in [0.2, 0.25) is 5.95 Å². The number of amides is 1. The van der Waals surface area contributed by atoms with Gasteiger partial charge in [-0.25, -0.2) is 4.98 Å². The van der Waals surface area contributed by atoms with E-state index in [1.165, 1.54) is 0 Å². The molecule has 0 spiro atoms. The van der Waals surface area contributed by atoms with Crippen molar-refractivity contribution in [3.05, 3.63) is 47.5 Å². The van der Waals surface area contributed by atoms with Crippen molar-refractivity contribution in [1.82, 2.24) is 14.9 Å². The number of hydrogen-bond donors (Lipinski definition) is 1. The lowest BCUT2D eigenvalue weighted by Gasteiger charge is -2.35. The second-order valence-electron chi connectivity index (χ2n) is 7.10. The van der Waals surface area contributed by atoms with Gasteiger partial charge in [-0.3, -0.25) is 4.79 Å². The number of rotatable bonds is 4. The number of aromatic nitrogens is 2. The number of nitrogens with two attached hydrogens (primary N) is 1. The van der Waals surface area contributed by atoms with Crippen LogP contribution in [0.15, 0.2) is 36.4 Å². The third kappa shape index (κ3) is 4.31. The molecule has 1 fully saturated rings. The van der Waals surface area contributed by atoms with E-state index in [9.17, 15) is 4.79 Å². The van der Waals surface area contributed by atoms with E-state index in [-0.39, 0.29) is 18.3 Å². The van der Waals surface area contributed by atoms with Crippen LogP contribution in [0, 0.1) is 11.3 Å². The Morgan fingerprint density at radius 1 is 1.03 bits per heavy atom. The van der Waals surface area contributed by atoms with E-state index in [4.69, 9.17) is 20.5 Å². The van der Waals surface area contributed by atoms with Crippen LogP contribution < -0.4 is 20.1 Å². The Bertz CT molecular complexity index is 1170. The van der Waals surface area contributed by atoms with Gasteiger partial charge in [-0.05, 0) is 30.3 Å². The topological polar surface area (TPSA) is 118 Å². The molecule has 9 nitrogen and oxygen atoms in total. The first-order valence-electron chi connectivity index (χ1n) is 9.77. The molecule has 1 aliphatic rings. The molecule has 1 aliphatic heterocycles. The Balaban J connectivity index is 0.00000289. The van der Waals surface area contributed by atoms with Crippen LogP contribution in [0.1, 0.15) is 15.9 Å². The van der Waals surface area contributed by atoms with Gasteiger partial charge in [0.15, 0.2) is 11.5 Å². The smallest absolute Gasteiger partial charge is 0.253 e. The number of anilines is 2. The molecule has 2 aromatic carbocycles. The van der Waals surface area contributed by atoms with Crippen molar-refractivity contribution in [3.63, 3.8) is 0 Å². The number of carbonyl (C=O) groups excluding carboxylic acids is 1. The van der Waals surface area contributed by atoms with E-state index in [1.807, 2.05) is 4.90 Å². The van der Waals surface area contributed by atoms with Crippen LogP contribution in [0.4, 0.5) is 11.8 Å². The fourth-order valence-corrected chi connectivity index (χ4v) is 3.59. The number of halogens is 1. The Kier molecular flexibility index (Phi) is 6.85. The van der Waals surface area contributed by atoms with Crippen LogP contribution in [0.3, 0.4) is 0 Å². The van der Waals surface area contributed by atoms with Gasteiger partial charge in [-0.2, -0.15) is 10.2 Å². The standard InChI is InChI=1S/C22H22N6O3.ClH/c1-30-18-11-16-17(12-19(18)31-2)25-22(26-20(16)24)28-9-7-27(8-10-28)21(29)15-5-3-14(13-23)4-6-15;/h3-6,11-12H,7-10H2,1-2H3,(H2,24,25,26);1H. The number of benzene rings is 2. The van der Waals surface area contributed by atoms with Crippen LogP contribution in [-0.4, -0.2) is 61.2 Å². The molecule has 0 bridgehead atoms. The van der Waals surface area contributed by atoms with Gasteiger partial charge in [-0.1, -0.05) is 0 Å². The van der Waals surface area contributed by atoms with Gasteiger partial charge < -0.3 is 25.0 Å². The fourth-order valence-electron chi connectivity index (χ4n) is 3.59. The number of nitriles is 1. The third-order valence-corrected chi connectivity index (χ3v) is 5.33. The minimum absolute atomic E-state index is 0. The average molecular weight is 455 g/mol. The highest BCUT2D eigenvalue weighted by Crippen LogP contribution is 2.34. The van der Waals surface area contributed by atoms with Crippen LogP contribution in [0.25, 0.3) is 10.9 Å². The number of piperazine rings is 1. The summed E-state index contributed by atoms with van der Waals surface area (Å²) in [5.41, 5.74) is 7.95. The second kappa shape index (κ2) is 9.58. The molecule has 1 amide bonds. The number of hydrogen-bond acceptors (Lipinski definition) is 8. The normalized spacial score (nSPS) is 13.3. The maximum atomic E-state index is 12.7. The highest BCUT2D eigenvalue weighted by atomic mass is 35.5. The zero-order valence-corrected chi connectivity index (χ0v) is 18.6. The lowest BCUT2D eigenvalue weighted by atomic mass is 10.1. The number of nitrogen functional groups attached to an aromatic ring is 1. The second-order valence-corrected chi connectivity index (χ2v) is 7.10. The molecule has 0 saturated carbocycles. The van der Waals surface area contributed by atoms with Crippen molar-refractivity contribution in [1.29, 1.82) is 5.26 Å². The summed E-state index contributed by atoms with van der Waals surface area (Å²) in [7, 11) is 3.13. The summed E-state index contributed by atoms with van der Waals surface area (Å²) in [5.74, 6) is 1.95. The maximum absolute atomic E-state index is 12.7. The summed E-state index contributed by atoms with van der Waals surface area (Å²) in [6.45, 7) is 2.23. The zero-order valence-electron chi connectivity index (χ0n) is 17.7. The average Bonchev–Trinajstić information content (AvgIpc) is 2.82. The highest BCUT2D eigenvalue weighted by Gasteiger charge is 2.24. The third-order valence-electron chi connectivity index (χ3n) is 5.33. The number of ether oxygens (including phenoxy) is 2. The zero-order chi connectivity index (χ0) is 22.0. The Morgan fingerprint density at radius 3 is 2.25 bits per heavy atom. The minimum Gasteiger partial charge on any atom is -0.493 e. The van der Waals surface area contributed by atoms with E-state index in [1.54, 1.807) is 55.5 Å². The van der Waals surface area contributed by atoms with E-state index >= 15 is 0 Å². The summed E-state index contributed by atoms with van der Waals surface area (Å²) in [6, 6.07) is 12.3. The molecule has 0 atom stereocenters. The minimum atomic E-state index is -0.0556. The monoisotopic (exact) mass is 454 g/mol. The number of nitrogens with zero attached hydrogens (tertiary/aromatic N) is 5. The van der Waals surface area contributed by atoms with Gasteiger partial charge in [0.05, 0.1) is 31.4 Å². The van der Waals surface area contributed by atoms with E-state index < -0.39 is 0 Å². The van der Waals surface area contributed by atoms with Crippen molar-refractivity contribution in [2.24, 2.45) is 0 Å². The first-order valence-corrected chi connectivity index (χ1v) is 9.77. The van der Waals surface area contributed by atoms with Gasteiger partial charge in [0.25, 0.3) is 5.91 Å². The Labute approximate surface area is 191 Å². The van der Waals surface area contributed by atoms with E-state index in [0.717, 1.165) is 0 Å². The SMILES string of the molecule is COc1cc2nc(N3CCN(C(=O)c4ccc(C#N)cc4)CC3)nc(N)c2cc1OC.Cl. The number of fused-ring (bicyclic) bond motifs is 1. The lowest BCUT2D eigenvalue weighted by Crippen LogP contribution is -2.49. The molecule has 166 valence electrons. The lowest BCUT2D eigenvalue weighted by molar-refractivity contribution is 0.0746. The van der Waals surface area contributed by atoms with Crippen LogP contribution in [0.2, 0.25) is 0 Å². The predicted molar refractivity (Wildman–Crippen MR) is 124 cm³/mol. The Morgan fingerprint density at radius 2 is 1.66 bits per heavy atom. The van der Waals surface area contributed by atoms with Crippen LogP contribution >= 0.6 is 12.4 Å². The first kappa shape index (κ1) is 22.9. The molecule has 32 heavy (non-hydrogen) atoms. The van der Waals surface area contributed by atoms with Crippen molar-refractivity contribution < 1.29 is 14.3 Å². The predicted octanol–water partition coefficient (Wildman–Crippen LogP) is 2.49. The fraction of sp³-hybridized carbons (Fsp3) is 0.273. The quantitative estimate of drug-likeness (QED) is 0.638. The number of carbonyl (C=O) groups is 1. The molecule has 1 saturated heterocycles. The van der Waals surface area contributed by atoms with Crippen molar-refractivity contribution >= 4 is 41.0 Å². The van der Waals surface area contributed by atoms with E-state index in [2.05, 4.69) is 16.0 Å². The Hall–Kier alpha value is -3.77. The molecule has 4 rings (SSSR count). The molecule has 0 unspecified atom stereocenters. The molecule has 0 aliphatic carbocycles. The van der Waals surface area contributed by atoms with E-state index in [0.29, 0.717) is 71.5 Å². The van der Waals surface area contributed by atoms with Crippen LogP contribution in [0.5, 0.6) is 11.5 Å². The molecule has 3 aromatic rings.